The van der Waals surface area contributed by atoms with Gasteiger partial charge >= 0.3 is 0 Å². The zero-order chi connectivity index (χ0) is 10.7. The second-order valence-corrected chi connectivity index (χ2v) is 4.15. The van der Waals surface area contributed by atoms with Crippen LogP contribution in [0.15, 0.2) is 22.7 Å². The fourth-order valence-corrected chi connectivity index (χ4v) is 1.69. The predicted octanol–water partition coefficient (Wildman–Crippen LogP) is 3.82. The molecule has 76 valence electrons. The Bertz CT molecular complexity index is 349. The van der Waals surface area contributed by atoms with Crippen LogP contribution in [0.5, 0.6) is 0 Å². The van der Waals surface area contributed by atoms with Gasteiger partial charge in [0.25, 0.3) is 0 Å². The number of hydrogen-bond acceptors (Lipinski definition) is 1. The Morgan fingerprint density at radius 3 is 2.71 bits per heavy atom. The molecule has 3 heteroatoms. The summed E-state index contributed by atoms with van der Waals surface area (Å²) in [6, 6.07) is 4.14. The molecule has 1 unspecified atom stereocenters. The molecule has 0 fully saturated rings. The van der Waals surface area contributed by atoms with Gasteiger partial charge in [0.2, 0.25) is 0 Å². The number of halogens is 2. The average molecular weight is 259 g/mol. The maximum Gasteiger partial charge on any atom is 0.166 e. The van der Waals surface area contributed by atoms with Gasteiger partial charge in [-0.1, -0.05) is 13.8 Å². The quantitative estimate of drug-likeness (QED) is 0.754. The summed E-state index contributed by atoms with van der Waals surface area (Å²) in [5.41, 5.74) is 0.556. The van der Waals surface area contributed by atoms with Crippen molar-refractivity contribution in [2.24, 2.45) is 5.92 Å². The molecule has 1 aromatic rings. The topological polar surface area (TPSA) is 17.1 Å². The fourth-order valence-electron chi connectivity index (χ4n) is 1.14. The molecule has 0 amide bonds. The van der Waals surface area contributed by atoms with Crippen LogP contribution in [0.4, 0.5) is 4.39 Å². The van der Waals surface area contributed by atoms with E-state index in [0.29, 0.717) is 10.0 Å². The number of Topliss-reactive ketones (excluding diaryl/α,β-unsaturated/α-hetero) is 1. The largest absolute Gasteiger partial charge is 0.294 e. The van der Waals surface area contributed by atoms with E-state index >= 15 is 0 Å². The van der Waals surface area contributed by atoms with Crippen molar-refractivity contribution >= 4 is 21.7 Å². The molecule has 0 heterocycles. The highest BCUT2D eigenvalue weighted by atomic mass is 79.9. The van der Waals surface area contributed by atoms with Gasteiger partial charge in [0, 0.05) is 16.0 Å². The fraction of sp³-hybridized carbons (Fsp3) is 0.364. The summed E-state index contributed by atoms with van der Waals surface area (Å²) in [5.74, 6) is -0.297. The smallest absolute Gasteiger partial charge is 0.166 e. The minimum Gasteiger partial charge on any atom is -0.294 e. The Balaban J connectivity index is 3.02. The maximum absolute atomic E-state index is 12.8. The number of carbonyl (C=O) groups excluding carboxylic acids is 1. The predicted molar refractivity (Wildman–Crippen MR) is 57.9 cm³/mol. The zero-order valence-corrected chi connectivity index (χ0v) is 9.77. The van der Waals surface area contributed by atoms with Crippen molar-refractivity contribution in [2.45, 2.75) is 20.3 Å². The minimum atomic E-state index is -0.336. The van der Waals surface area contributed by atoms with Gasteiger partial charge in [-0.25, -0.2) is 4.39 Å². The summed E-state index contributed by atoms with van der Waals surface area (Å²) < 4.78 is 13.3. The van der Waals surface area contributed by atoms with Crippen LogP contribution in [0.25, 0.3) is 0 Å². The summed E-state index contributed by atoms with van der Waals surface area (Å²) in [6.07, 6.45) is 0.794. The van der Waals surface area contributed by atoms with Gasteiger partial charge in [0.05, 0.1) is 0 Å². The van der Waals surface area contributed by atoms with Crippen molar-refractivity contribution in [3.05, 3.63) is 34.1 Å². The Labute approximate surface area is 91.5 Å². The molecule has 0 bridgehead atoms. The van der Waals surface area contributed by atoms with E-state index in [0.717, 1.165) is 6.42 Å². The molecular weight excluding hydrogens is 247 g/mol. The molecule has 0 spiro atoms. The molecule has 1 atom stereocenters. The van der Waals surface area contributed by atoms with Gasteiger partial charge in [-0.2, -0.15) is 0 Å². The third kappa shape index (κ3) is 2.41. The monoisotopic (exact) mass is 258 g/mol. The lowest BCUT2D eigenvalue weighted by Gasteiger charge is -2.08. The van der Waals surface area contributed by atoms with E-state index in [-0.39, 0.29) is 17.5 Å². The molecule has 0 N–H and O–H groups in total. The van der Waals surface area contributed by atoms with E-state index in [1.54, 1.807) is 0 Å². The lowest BCUT2D eigenvalue weighted by atomic mass is 9.97. The van der Waals surface area contributed by atoms with Crippen LogP contribution in [0.3, 0.4) is 0 Å². The first kappa shape index (κ1) is 11.4. The van der Waals surface area contributed by atoms with Gasteiger partial charge in [0.15, 0.2) is 5.78 Å². The van der Waals surface area contributed by atoms with Crippen molar-refractivity contribution in [3.63, 3.8) is 0 Å². The third-order valence-electron chi connectivity index (χ3n) is 2.26. The molecule has 14 heavy (non-hydrogen) atoms. The molecule has 0 saturated carbocycles. The standard InChI is InChI=1S/C11H12BrFO/c1-3-7(2)11(14)9-5-4-8(13)6-10(9)12/h4-7H,3H2,1-2H3. The molecule has 0 aromatic heterocycles. The van der Waals surface area contributed by atoms with E-state index in [2.05, 4.69) is 15.9 Å². The van der Waals surface area contributed by atoms with Crippen LogP contribution in [-0.4, -0.2) is 5.78 Å². The second kappa shape index (κ2) is 4.69. The Kier molecular flexibility index (Phi) is 3.81. The molecular formula is C11H12BrFO. The number of benzene rings is 1. The van der Waals surface area contributed by atoms with Crippen LogP contribution >= 0.6 is 15.9 Å². The first-order valence-electron chi connectivity index (χ1n) is 4.55. The van der Waals surface area contributed by atoms with Crippen molar-refractivity contribution in [1.29, 1.82) is 0 Å². The van der Waals surface area contributed by atoms with Gasteiger partial charge in [0.1, 0.15) is 5.82 Å². The van der Waals surface area contributed by atoms with Crippen LogP contribution < -0.4 is 0 Å². The van der Waals surface area contributed by atoms with E-state index < -0.39 is 0 Å². The first-order valence-corrected chi connectivity index (χ1v) is 5.34. The molecule has 0 saturated heterocycles. The summed E-state index contributed by atoms with van der Waals surface area (Å²) in [4.78, 5) is 11.8. The zero-order valence-electron chi connectivity index (χ0n) is 8.18. The van der Waals surface area contributed by atoms with Crippen LogP contribution in [0.1, 0.15) is 30.6 Å². The highest BCUT2D eigenvalue weighted by Crippen LogP contribution is 2.22. The van der Waals surface area contributed by atoms with Crippen molar-refractivity contribution < 1.29 is 9.18 Å². The molecule has 0 aliphatic rings. The van der Waals surface area contributed by atoms with Crippen molar-refractivity contribution in [2.75, 3.05) is 0 Å². The average Bonchev–Trinajstić information content (AvgIpc) is 2.15. The first-order chi connectivity index (χ1) is 6.56. The van der Waals surface area contributed by atoms with E-state index in [9.17, 15) is 9.18 Å². The van der Waals surface area contributed by atoms with E-state index in [1.165, 1.54) is 18.2 Å². The lowest BCUT2D eigenvalue weighted by Crippen LogP contribution is -2.10. The third-order valence-corrected chi connectivity index (χ3v) is 2.91. The highest BCUT2D eigenvalue weighted by molar-refractivity contribution is 9.10. The molecule has 1 aromatic carbocycles. The maximum atomic E-state index is 12.8. The normalized spacial score (nSPS) is 12.6. The van der Waals surface area contributed by atoms with Gasteiger partial charge < -0.3 is 0 Å². The summed E-state index contributed by atoms with van der Waals surface area (Å²) >= 11 is 3.18. The summed E-state index contributed by atoms with van der Waals surface area (Å²) in [5, 5.41) is 0. The van der Waals surface area contributed by atoms with Crippen LogP contribution in [0, 0.1) is 11.7 Å². The van der Waals surface area contributed by atoms with Crippen LogP contribution in [0.2, 0.25) is 0 Å². The lowest BCUT2D eigenvalue weighted by molar-refractivity contribution is 0.0926. The van der Waals surface area contributed by atoms with Crippen molar-refractivity contribution in [1.82, 2.24) is 0 Å². The highest BCUT2D eigenvalue weighted by Gasteiger charge is 2.16. The van der Waals surface area contributed by atoms with Gasteiger partial charge in [-0.3, -0.25) is 4.79 Å². The van der Waals surface area contributed by atoms with Gasteiger partial charge in [-0.15, -0.1) is 0 Å². The SMILES string of the molecule is CCC(C)C(=O)c1ccc(F)cc1Br. The Morgan fingerprint density at radius 1 is 1.57 bits per heavy atom. The minimum absolute atomic E-state index is 0.0169. The van der Waals surface area contributed by atoms with Crippen molar-refractivity contribution in [3.8, 4) is 0 Å². The number of rotatable bonds is 3. The summed E-state index contributed by atoms with van der Waals surface area (Å²) in [6.45, 7) is 3.83. The molecule has 0 radical (unpaired) electrons. The molecule has 0 aliphatic heterocycles. The Morgan fingerprint density at radius 2 is 2.21 bits per heavy atom. The molecule has 1 nitrogen and oxygen atoms in total. The molecule has 0 aliphatic carbocycles. The summed E-state index contributed by atoms with van der Waals surface area (Å²) in [7, 11) is 0. The molecule has 1 rings (SSSR count). The van der Waals surface area contributed by atoms with Gasteiger partial charge in [-0.05, 0) is 40.5 Å². The Hall–Kier alpha value is -0.700. The van der Waals surface area contributed by atoms with E-state index in [1.807, 2.05) is 13.8 Å². The van der Waals surface area contributed by atoms with Crippen LogP contribution in [-0.2, 0) is 0 Å². The number of ketones is 1. The second-order valence-electron chi connectivity index (χ2n) is 3.30. The number of carbonyl (C=O) groups is 1. The van der Waals surface area contributed by atoms with E-state index in [4.69, 9.17) is 0 Å². The number of hydrogen-bond donors (Lipinski definition) is 0.